The minimum Gasteiger partial charge on any atom is -0.321 e. The smallest absolute Gasteiger partial charge is 0.125 e. The van der Waals surface area contributed by atoms with Crippen LogP contribution in [0.3, 0.4) is 0 Å². The minimum absolute atomic E-state index is 0.337. The summed E-state index contributed by atoms with van der Waals surface area (Å²) in [6, 6.07) is 0. The molecule has 0 N–H and O–H groups in total. The number of rotatable bonds is 6. The lowest BCUT2D eigenvalue weighted by Crippen LogP contribution is -2.18. The van der Waals surface area contributed by atoms with Crippen LogP contribution in [0.1, 0.15) is 20.3 Å². The standard InChI is InChI=1S/C18H21NO/c1-5-7-11-17(6-2)16(4)18(12-14-20)19-13-9-8-10-15(19)3/h5-11,13-14H,2-3,12H2,1,4H3/b7-5-,17-11+,18-16+. The molecule has 0 fully saturated rings. The zero-order valence-electron chi connectivity index (χ0n) is 12.2. The van der Waals surface area contributed by atoms with Crippen molar-refractivity contribution in [3.63, 3.8) is 0 Å². The van der Waals surface area contributed by atoms with Crippen LogP contribution < -0.4 is 0 Å². The molecule has 0 aliphatic carbocycles. The highest BCUT2D eigenvalue weighted by Gasteiger charge is 2.14. The molecule has 0 saturated heterocycles. The molecule has 0 aromatic rings. The van der Waals surface area contributed by atoms with Crippen molar-refractivity contribution in [2.24, 2.45) is 0 Å². The van der Waals surface area contributed by atoms with Crippen LogP contribution in [0.4, 0.5) is 0 Å². The van der Waals surface area contributed by atoms with Gasteiger partial charge in [0.15, 0.2) is 0 Å². The van der Waals surface area contributed by atoms with Crippen LogP contribution in [-0.2, 0) is 4.79 Å². The number of nitrogens with zero attached hydrogens (tertiary/aromatic N) is 1. The lowest BCUT2D eigenvalue weighted by atomic mass is 10.0. The molecule has 0 spiro atoms. The molecule has 0 radical (unpaired) electrons. The highest BCUT2D eigenvalue weighted by Crippen LogP contribution is 2.26. The van der Waals surface area contributed by atoms with E-state index >= 15 is 0 Å². The summed E-state index contributed by atoms with van der Waals surface area (Å²) in [6.45, 7) is 11.8. The number of allylic oxidation sites excluding steroid dienone is 10. The third-order valence-corrected chi connectivity index (χ3v) is 3.07. The van der Waals surface area contributed by atoms with E-state index in [1.807, 2.05) is 61.4 Å². The Bertz CT molecular complexity index is 542. The van der Waals surface area contributed by atoms with Crippen LogP contribution >= 0.6 is 0 Å². The van der Waals surface area contributed by atoms with E-state index in [9.17, 15) is 4.79 Å². The van der Waals surface area contributed by atoms with Crippen LogP contribution in [0.2, 0.25) is 0 Å². The Labute approximate surface area is 121 Å². The molecule has 2 heteroatoms. The van der Waals surface area contributed by atoms with Crippen molar-refractivity contribution in [1.29, 1.82) is 0 Å². The average Bonchev–Trinajstić information content (AvgIpc) is 2.46. The highest BCUT2D eigenvalue weighted by molar-refractivity contribution is 5.58. The predicted molar refractivity (Wildman–Crippen MR) is 85.7 cm³/mol. The van der Waals surface area contributed by atoms with Gasteiger partial charge in [-0.15, -0.1) is 0 Å². The summed E-state index contributed by atoms with van der Waals surface area (Å²) in [4.78, 5) is 12.9. The molecule has 1 aliphatic rings. The molecular weight excluding hydrogens is 246 g/mol. The maximum absolute atomic E-state index is 11.0. The summed E-state index contributed by atoms with van der Waals surface area (Å²) in [5.41, 5.74) is 3.78. The first-order valence-corrected chi connectivity index (χ1v) is 6.57. The fraction of sp³-hybridized carbons (Fsp3) is 0.167. The Hall–Kier alpha value is -2.35. The zero-order chi connectivity index (χ0) is 15.0. The molecule has 0 unspecified atom stereocenters. The third-order valence-electron chi connectivity index (χ3n) is 3.07. The van der Waals surface area contributed by atoms with Gasteiger partial charge in [-0.25, -0.2) is 0 Å². The lowest BCUT2D eigenvalue weighted by molar-refractivity contribution is -0.107. The molecule has 104 valence electrons. The van der Waals surface area contributed by atoms with Crippen molar-refractivity contribution in [3.05, 3.63) is 84.4 Å². The third kappa shape index (κ3) is 3.82. The first-order chi connectivity index (χ1) is 9.65. The number of aldehydes is 1. The van der Waals surface area contributed by atoms with Crippen LogP contribution in [0.5, 0.6) is 0 Å². The van der Waals surface area contributed by atoms with E-state index in [0.29, 0.717) is 6.42 Å². The second-order valence-corrected chi connectivity index (χ2v) is 4.36. The Balaban J connectivity index is 3.28. The van der Waals surface area contributed by atoms with Gasteiger partial charge in [-0.2, -0.15) is 0 Å². The molecule has 1 rings (SSSR count). The average molecular weight is 267 g/mol. The van der Waals surface area contributed by atoms with Gasteiger partial charge in [-0.3, -0.25) is 0 Å². The molecule has 0 amide bonds. The van der Waals surface area contributed by atoms with Crippen molar-refractivity contribution in [1.82, 2.24) is 4.90 Å². The van der Waals surface area contributed by atoms with Gasteiger partial charge < -0.3 is 9.69 Å². The van der Waals surface area contributed by atoms with Crippen LogP contribution in [0, 0.1) is 0 Å². The van der Waals surface area contributed by atoms with Crippen LogP contribution in [0.25, 0.3) is 0 Å². The van der Waals surface area contributed by atoms with E-state index in [4.69, 9.17) is 0 Å². The maximum atomic E-state index is 11.0. The van der Waals surface area contributed by atoms with E-state index < -0.39 is 0 Å². The molecular formula is C18H21NO. The topological polar surface area (TPSA) is 20.3 Å². The highest BCUT2D eigenvalue weighted by atomic mass is 16.1. The molecule has 0 atom stereocenters. The lowest BCUT2D eigenvalue weighted by Gasteiger charge is -2.27. The molecule has 0 saturated carbocycles. The van der Waals surface area contributed by atoms with E-state index in [2.05, 4.69) is 13.2 Å². The quantitative estimate of drug-likeness (QED) is 0.524. The van der Waals surface area contributed by atoms with E-state index in [1.54, 1.807) is 6.08 Å². The summed E-state index contributed by atoms with van der Waals surface area (Å²) >= 11 is 0. The molecule has 0 bridgehead atoms. The van der Waals surface area contributed by atoms with E-state index in [-0.39, 0.29) is 0 Å². The molecule has 0 aromatic carbocycles. The summed E-state index contributed by atoms with van der Waals surface area (Å²) in [5, 5.41) is 0. The van der Waals surface area contributed by atoms with Gasteiger partial charge >= 0.3 is 0 Å². The van der Waals surface area contributed by atoms with Gasteiger partial charge in [0.2, 0.25) is 0 Å². The van der Waals surface area contributed by atoms with E-state index in [0.717, 1.165) is 28.8 Å². The van der Waals surface area contributed by atoms with E-state index in [1.165, 1.54) is 0 Å². The maximum Gasteiger partial charge on any atom is 0.125 e. The molecule has 1 heterocycles. The Morgan fingerprint density at radius 2 is 2.15 bits per heavy atom. The Morgan fingerprint density at radius 1 is 1.40 bits per heavy atom. The predicted octanol–water partition coefficient (Wildman–Crippen LogP) is 4.44. The van der Waals surface area contributed by atoms with Crippen LogP contribution in [-0.4, -0.2) is 11.2 Å². The van der Waals surface area contributed by atoms with Crippen molar-refractivity contribution in [3.8, 4) is 0 Å². The Kier molecular flexibility index (Phi) is 6.24. The number of carbonyl (C=O) groups excluding carboxylic acids is 1. The molecule has 20 heavy (non-hydrogen) atoms. The van der Waals surface area contributed by atoms with Crippen molar-refractivity contribution < 1.29 is 4.79 Å². The second kappa shape index (κ2) is 7.95. The summed E-state index contributed by atoms with van der Waals surface area (Å²) in [5.74, 6) is 0. The van der Waals surface area contributed by atoms with Gasteiger partial charge in [-0.1, -0.05) is 43.5 Å². The largest absolute Gasteiger partial charge is 0.321 e. The molecule has 1 aliphatic heterocycles. The molecule has 0 aromatic heterocycles. The normalized spacial score (nSPS) is 16.6. The fourth-order valence-corrected chi connectivity index (χ4v) is 1.97. The van der Waals surface area contributed by atoms with Gasteiger partial charge in [0.05, 0.1) is 0 Å². The second-order valence-electron chi connectivity index (χ2n) is 4.36. The van der Waals surface area contributed by atoms with Gasteiger partial charge in [0.25, 0.3) is 0 Å². The SMILES string of the molecule is C=CC(=C\C=C/C)/C(C)=C(\CC=O)N1C=CC=CC1=C. The van der Waals surface area contributed by atoms with Crippen molar-refractivity contribution in [2.75, 3.05) is 0 Å². The summed E-state index contributed by atoms with van der Waals surface area (Å²) < 4.78 is 0. The van der Waals surface area contributed by atoms with Gasteiger partial charge in [0.1, 0.15) is 6.29 Å². The van der Waals surface area contributed by atoms with Crippen molar-refractivity contribution >= 4 is 6.29 Å². The van der Waals surface area contributed by atoms with Gasteiger partial charge in [-0.05, 0) is 37.1 Å². The zero-order valence-corrected chi connectivity index (χ0v) is 12.2. The fourth-order valence-electron chi connectivity index (χ4n) is 1.97. The number of carbonyl (C=O) groups is 1. The van der Waals surface area contributed by atoms with Crippen LogP contribution in [0.15, 0.2) is 84.4 Å². The first kappa shape index (κ1) is 15.7. The number of hydrogen-bond donors (Lipinski definition) is 0. The molecule has 2 nitrogen and oxygen atoms in total. The summed E-state index contributed by atoms with van der Waals surface area (Å²) in [7, 11) is 0. The van der Waals surface area contributed by atoms with Crippen molar-refractivity contribution in [2.45, 2.75) is 20.3 Å². The minimum atomic E-state index is 0.337. The Morgan fingerprint density at radius 3 is 2.70 bits per heavy atom. The van der Waals surface area contributed by atoms with Gasteiger partial charge in [0, 0.05) is 24.0 Å². The number of hydrogen-bond acceptors (Lipinski definition) is 2. The summed E-state index contributed by atoms with van der Waals surface area (Å²) in [6.07, 6.45) is 16.6. The monoisotopic (exact) mass is 267 g/mol. The first-order valence-electron chi connectivity index (χ1n) is 6.57.